The van der Waals surface area contributed by atoms with Crippen molar-refractivity contribution in [2.75, 3.05) is 41.0 Å². The fourth-order valence-corrected chi connectivity index (χ4v) is 5.60. The van der Waals surface area contributed by atoms with E-state index in [9.17, 15) is 19.5 Å². The van der Waals surface area contributed by atoms with Crippen molar-refractivity contribution >= 4 is 17.9 Å². The average molecular weight is 795 g/mol. The number of carboxylic acid groups (broad SMARTS) is 1. The van der Waals surface area contributed by atoms with E-state index in [0.717, 1.165) is 96.3 Å². The number of hydrogen-bond donors (Lipinski definition) is 1. The molecule has 0 aromatic rings. The summed E-state index contributed by atoms with van der Waals surface area (Å²) in [6, 6.07) is -0.630. The van der Waals surface area contributed by atoms with Gasteiger partial charge in [0.25, 0.3) is 0 Å². The molecule has 0 aliphatic carbocycles. The Morgan fingerprint density at radius 3 is 1.53 bits per heavy atom. The molecule has 0 heterocycles. The third-order valence-corrected chi connectivity index (χ3v) is 9.00. The zero-order valence-electron chi connectivity index (χ0n) is 36.5. The van der Waals surface area contributed by atoms with Crippen molar-refractivity contribution in [3.05, 3.63) is 97.2 Å². The second kappa shape index (κ2) is 39.1. The van der Waals surface area contributed by atoms with E-state index in [1.165, 1.54) is 12.8 Å². The van der Waals surface area contributed by atoms with Crippen LogP contribution >= 0.6 is 0 Å². The SMILES string of the molecule is CC/C=C/C/C=C/C/C=C/C/C=C/C/C=C/C/C=C/CCCCCC(=O)OCC(COCCC(C(=O)O)[N+](C)(C)C)OC(=O)CCCCC/C=C/C=C/CCCC. The summed E-state index contributed by atoms with van der Waals surface area (Å²) in [6.45, 7) is 4.47. The number of unbranched alkanes of at least 4 members (excludes halogenated alkanes) is 8. The number of aliphatic carboxylic acids is 1. The Hall–Kier alpha value is -3.75. The van der Waals surface area contributed by atoms with Crippen LogP contribution < -0.4 is 0 Å². The molecule has 2 atom stereocenters. The number of carboxylic acids is 1. The Morgan fingerprint density at radius 1 is 0.561 bits per heavy atom. The Balaban J connectivity index is 4.41. The van der Waals surface area contributed by atoms with Crippen LogP contribution in [-0.2, 0) is 28.6 Å². The monoisotopic (exact) mass is 795 g/mol. The lowest BCUT2D eigenvalue weighted by molar-refractivity contribution is -0.887. The molecule has 0 aromatic heterocycles. The zero-order chi connectivity index (χ0) is 42.1. The molecule has 0 fully saturated rings. The summed E-state index contributed by atoms with van der Waals surface area (Å²) >= 11 is 0. The van der Waals surface area contributed by atoms with Crippen molar-refractivity contribution in [2.24, 2.45) is 0 Å². The van der Waals surface area contributed by atoms with E-state index in [1.54, 1.807) is 0 Å². The first-order valence-electron chi connectivity index (χ1n) is 21.8. The third-order valence-electron chi connectivity index (χ3n) is 9.00. The summed E-state index contributed by atoms with van der Waals surface area (Å²) in [7, 11) is 5.49. The normalized spacial score (nSPS) is 13.9. The van der Waals surface area contributed by atoms with Crippen molar-refractivity contribution in [1.29, 1.82) is 0 Å². The number of quaternary nitrogens is 1. The minimum absolute atomic E-state index is 0.0328. The first-order chi connectivity index (χ1) is 27.6. The summed E-state index contributed by atoms with van der Waals surface area (Å²) in [4.78, 5) is 36.9. The van der Waals surface area contributed by atoms with Gasteiger partial charge in [0.15, 0.2) is 12.1 Å². The molecular formula is C49H80NO7+. The lowest BCUT2D eigenvalue weighted by Gasteiger charge is -2.31. The van der Waals surface area contributed by atoms with E-state index in [2.05, 4.69) is 111 Å². The number of allylic oxidation sites excluding steroid dienone is 16. The molecule has 0 amide bonds. The molecule has 0 bridgehead atoms. The molecule has 0 aliphatic heterocycles. The van der Waals surface area contributed by atoms with Gasteiger partial charge in [-0.2, -0.15) is 0 Å². The first kappa shape index (κ1) is 53.2. The fourth-order valence-electron chi connectivity index (χ4n) is 5.60. The number of carbonyl (C=O) groups excluding carboxylic acids is 2. The molecule has 0 saturated heterocycles. The standard InChI is InChI=1S/C49H79NO7/c1-6-8-10-12-14-16-18-19-20-21-22-23-24-25-26-27-28-30-31-33-35-37-39-47(51)56-44-45(43-55-42-41-46(49(53)54)50(3,4)5)57-48(52)40-38-36-34-32-29-17-15-13-11-9-7-2/h8,10,13-17,19-20,22-23,25-26,28-30,45-46H,6-7,9,11-12,18,21,24,27,31-44H2,1-5H3/p+1/b10-8+,15-13+,16-14+,20-19+,23-22+,26-25+,29-17+,30-28+. The summed E-state index contributed by atoms with van der Waals surface area (Å²) in [5.74, 6) is -1.56. The smallest absolute Gasteiger partial charge is 0.362 e. The van der Waals surface area contributed by atoms with Crippen molar-refractivity contribution in [2.45, 2.75) is 154 Å². The molecule has 8 heteroatoms. The Bertz CT molecular complexity index is 1250. The molecule has 0 radical (unpaired) electrons. The first-order valence-corrected chi connectivity index (χ1v) is 21.8. The van der Waals surface area contributed by atoms with Gasteiger partial charge in [0, 0.05) is 19.3 Å². The summed E-state index contributed by atoms with van der Waals surface area (Å²) in [6.07, 6.45) is 51.7. The second-order valence-electron chi connectivity index (χ2n) is 15.2. The highest BCUT2D eigenvalue weighted by atomic mass is 16.6. The van der Waals surface area contributed by atoms with E-state index in [0.29, 0.717) is 12.8 Å². The van der Waals surface area contributed by atoms with Crippen LogP contribution in [0.5, 0.6) is 0 Å². The predicted molar refractivity (Wildman–Crippen MR) is 238 cm³/mol. The maximum Gasteiger partial charge on any atom is 0.362 e. The highest BCUT2D eigenvalue weighted by molar-refractivity contribution is 5.72. The molecule has 0 aromatic carbocycles. The number of hydrogen-bond acceptors (Lipinski definition) is 6. The van der Waals surface area contributed by atoms with E-state index < -0.39 is 18.1 Å². The molecule has 0 aliphatic rings. The summed E-state index contributed by atoms with van der Waals surface area (Å²) in [5.41, 5.74) is 0. The van der Waals surface area contributed by atoms with Gasteiger partial charge in [-0.05, 0) is 83.5 Å². The predicted octanol–water partition coefficient (Wildman–Crippen LogP) is 11.9. The number of rotatable bonds is 37. The number of carbonyl (C=O) groups is 3. The molecule has 57 heavy (non-hydrogen) atoms. The quantitative estimate of drug-likeness (QED) is 0.0220. The van der Waals surface area contributed by atoms with Gasteiger partial charge in [-0.1, -0.05) is 137 Å². The average Bonchev–Trinajstić information content (AvgIpc) is 3.17. The van der Waals surface area contributed by atoms with Gasteiger partial charge in [-0.3, -0.25) is 9.59 Å². The van der Waals surface area contributed by atoms with Crippen LogP contribution in [0.4, 0.5) is 0 Å². The summed E-state index contributed by atoms with van der Waals surface area (Å²) < 4.78 is 17.2. The van der Waals surface area contributed by atoms with Crippen molar-refractivity contribution in [1.82, 2.24) is 0 Å². The molecule has 0 rings (SSSR count). The molecular weight excluding hydrogens is 715 g/mol. The van der Waals surface area contributed by atoms with Crippen molar-refractivity contribution in [3.63, 3.8) is 0 Å². The van der Waals surface area contributed by atoms with Gasteiger partial charge in [0.1, 0.15) is 6.61 Å². The summed E-state index contributed by atoms with van der Waals surface area (Å²) in [5, 5.41) is 9.60. The Morgan fingerprint density at radius 2 is 1.04 bits per heavy atom. The number of ether oxygens (including phenoxy) is 3. The molecule has 0 saturated carbocycles. The van der Waals surface area contributed by atoms with Gasteiger partial charge in [-0.15, -0.1) is 0 Å². The largest absolute Gasteiger partial charge is 0.477 e. The van der Waals surface area contributed by atoms with Crippen LogP contribution in [0.1, 0.15) is 142 Å². The van der Waals surface area contributed by atoms with Crippen LogP contribution in [-0.4, -0.2) is 80.6 Å². The topological polar surface area (TPSA) is 99.1 Å². The molecule has 1 N–H and O–H groups in total. The van der Waals surface area contributed by atoms with Crippen LogP contribution in [0.2, 0.25) is 0 Å². The van der Waals surface area contributed by atoms with Crippen molar-refractivity contribution in [3.8, 4) is 0 Å². The molecule has 0 spiro atoms. The van der Waals surface area contributed by atoms with Crippen LogP contribution in [0.3, 0.4) is 0 Å². The number of nitrogens with zero attached hydrogens (tertiary/aromatic N) is 1. The molecule has 8 nitrogen and oxygen atoms in total. The van der Waals surface area contributed by atoms with Crippen molar-refractivity contribution < 1.29 is 38.2 Å². The lowest BCUT2D eigenvalue weighted by Crippen LogP contribution is -2.50. The van der Waals surface area contributed by atoms with Gasteiger partial charge in [-0.25, -0.2) is 4.79 Å². The maximum atomic E-state index is 12.7. The van der Waals surface area contributed by atoms with E-state index in [1.807, 2.05) is 21.1 Å². The van der Waals surface area contributed by atoms with E-state index in [4.69, 9.17) is 14.2 Å². The van der Waals surface area contributed by atoms with Gasteiger partial charge < -0.3 is 23.8 Å². The van der Waals surface area contributed by atoms with Gasteiger partial charge in [0.2, 0.25) is 0 Å². The maximum absolute atomic E-state index is 12.7. The van der Waals surface area contributed by atoms with Gasteiger partial charge >= 0.3 is 17.9 Å². The zero-order valence-corrected chi connectivity index (χ0v) is 36.5. The molecule has 2 unspecified atom stereocenters. The minimum Gasteiger partial charge on any atom is -0.477 e. The highest BCUT2D eigenvalue weighted by Gasteiger charge is 2.31. The molecule has 322 valence electrons. The second-order valence-corrected chi connectivity index (χ2v) is 15.2. The van der Waals surface area contributed by atoms with Crippen LogP contribution in [0, 0.1) is 0 Å². The minimum atomic E-state index is -0.890. The van der Waals surface area contributed by atoms with E-state index in [-0.39, 0.29) is 42.7 Å². The fraction of sp³-hybridized carbons (Fsp3) is 0.612. The third kappa shape index (κ3) is 37.6. The van der Waals surface area contributed by atoms with E-state index >= 15 is 0 Å². The highest BCUT2D eigenvalue weighted by Crippen LogP contribution is 2.11. The lowest BCUT2D eigenvalue weighted by atomic mass is 10.1. The Labute approximate surface area is 347 Å². The van der Waals surface area contributed by atoms with Crippen LogP contribution in [0.15, 0.2) is 97.2 Å². The number of esters is 2. The Kier molecular flexibility index (Phi) is 36.5. The van der Waals surface area contributed by atoms with Gasteiger partial charge in [0.05, 0.1) is 34.4 Å². The van der Waals surface area contributed by atoms with Crippen LogP contribution in [0.25, 0.3) is 0 Å². The number of likely N-dealkylation sites (N-methyl/N-ethyl adjacent to an activating group) is 1.